The summed E-state index contributed by atoms with van der Waals surface area (Å²) in [7, 11) is 1.98. The molecule has 2 aromatic carbocycles. The van der Waals surface area contributed by atoms with Crippen LogP contribution in [0.4, 0.5) is 0 Å². The second kappa shape index (κ2) is 6.36. The van der Waals surface area contributed by atoms with Crippen molar-refractivity contribution in [3.63, 3.8) is 0 Å². The number of benzene rings is 2. The maximum Gasteiger partial charge on any atom is 0.0202 e. The van der Waals surface area contributed by atoms with Crippen LogP contribution >= 0.6 is 0 Å². The Kier molecular flexibility index (Phi) is 4.54. The maximum absolute atomic E-state index is 3.17. The van der Waals surface area contributed by atoms with Crippen molar-refractivity contribution in [3.05, 3.63) is 71.3 Å². The SMILES string of the molecule is CNCc1ccc(C(C)Cc2ccccc2)cc1. The van der Waals surface area contributed by atoms with E-state index >= 15 is 0 Å². The summed E-state index contributed by atoms with van der Waals surface area (Å²) in [4.78, 5) is 0. The first-order valence-electron chi connectivity index (χ1n) is 6.57. The molecule has 94 valence electrons. The zero-order valence-corrected chi connectivity index (χ0v) is 11.2. The molecule has 1 nitrogen and oxygen atoms in total. The van der Waals surface area contributed by atoms with Crippen molar-refractivity contribution in [3.8, 4) is 0 Å². The highest BCUT2D eigenvalue weighted by Gasteiger charge is 2.06. The van der Waals surface area contributed by atoms with Crippen molar-refractivity contribution in [1.82, 2.24) is 5.32 Å². The van der Waals surface area contributed by atoms with Gasteiger partial charge in [0.15, 0.2) is 0 Å². The van der Waals surface area contributed by atoms with Crippen LogP contribution in [-0.2, 0) is 13.0 Å². The molecule has 0 bridgehead atoms. The van der Waals surface area contributed by atoms with Crippen LogP contribution in [0.25, 0.3) is 0 Å². The van der Waals surface area contributed by atoms with Crippen LogP contribution in [0, 0.1) is 0 Å². The molecule has 0 aromatic heterocycles. The van der Waals surface area contributed by atoms with E-state index in [0.29, 0.717) is 5.92 Å². The summed E-state index contributed by atoms with van der Waals surface area (Å²) in [6.07, 6.45) is 1.10. The minimum absolute atomic E-state index is 0.566. The Balaban J connectivity index is 2.02. The lowest BCUT2D eigenvalue weighted by Gasteiger charge is -2.12. The van der Waals surface area contributed by atoms with E-state index in [0.717, 1.165) is 13.0 Å². The van der Waals surface area contributed by atoms with Gasteiger partial charge in [0, 0.05) is 6.54 Å². The van der Waals surface area contributed by atoms with Gasteiger partial charge in [0.2, 0.25) is 0 Å². The smallest absolute Gasteiger partial charge is 0.0202 e. The zero-order valence-electron chi connectivity index (χ0n) is 11.2. The average Bonchev–Trinajstić information content (AvgIpc) is 2.41. The third kappa shape index (κ3) is 3.44. The summed E-state index contributed by atoms with van der Waals surface area (Å²) < 4.78 is 0. The molecule has 0 fully saturated rings. The second-order valence-electron chi connectivity index (χ2n) is 4.86. The predicted molar refractivity (Wildman–Crippen MR) is 77.8 cm³/mol. The van der Waals surface area contributed by atoms with Gasteiger partial charge in [-0.05, 0) is 36.1 Å². The van der Waals surface area contributed by atoms with Crippen molar-refractivity contribution in [2.45, 2.75) is 25.8 Å². The summed E-state index contributed by atoms with van der Waals surface area (Å²) in [5.74, 6) is 0.566. The Morgan fingerprint density at radius 1 is 0.889 bits per heavy atom. The molecule has 18 heavy (non-hydrogen) atoms. The van der Waals surface area contributed by atoms with Crippen LogP contribution in [0.1, 0.15) is 29.5 Å². The van der Waals surface area contributed by atoms with Gasteiger partial charge in [-0.2, -0.15) is 0 Å². The Hall–Kier alpha value is -1.60. The molecule has 0 aliphatic carbocycles. The maximum atomic E-state index is 3.17. The van der Waals surface area contributed by atoms with Crippen LogP contribution in [-0.4, -0.2) is 7.05 Å². The third-order valence-corrected chi connectivity index (χ3v) is 3.31. The van der Waals surface area contributed by atoms with Gasteiger partial charge in [0.05, 0.1) is 0 Å². The highest BCUT2D eigenvalue weighted by Crippen LogP contribution is 2.20. The Morgan fingerprint density at radius 3 is 2.17 bits per heavy atom. The summed E-state index contributed by atoms with van der Waals surface area (Å²) in [6.45, 7) is 3.23. The fourth-order valence-electron chi connectivity index (χ4n) is 2.25. The number of rotatable bonds is 5. The first-order valence-corrected chi connectivity index (χ1v) is 6.57. The Labute approximate surface area is 110 Å². The molecule has 0 aliphatic heterocycles. The molecular weight excluding hydrogens is 218 g/mol. The molecule has 1 unspecified atom stereocenters. The summed E-state index contributed by atoms with van der Waals surface area (Å²) >= 11 is 0. The molecule has 0 amide bonds. The normalized spacial score (nSPS) is 12.3. The lowest BCUT2D eigenvalue weighted by molar-refractivity contribution is 0.756. The van der Waals surface area contributed by atoms with Gasteiger partial charge in [-0.1, -0.05) is 61.5 Å². The fourth-order valence-corrected chi connectivity index (χ4v) is 2.25. The van der Waals surface area contributed by atoms with Crippen LogP contribution in [0.2, 0.25) is 0 Å². The lowest BCUT2D eigenvalue weighted by Crippen LogP contribution is -2.05. The molecule has 1 atom stereocenters. The molecule has 0 heterocycles. The van der Waals surface area contributed by atoms with E-state index in [9.17, 15) is 0 Å². The topological polar surface area (TPSA) is 12.0 Å². The van der Waals surface area contributed by atoms with Gasteiger partial charge in [-0.15, -0.1) is 0 Å². The van der Waals surface area contributed by atoms with Crippen molar-refractivity contribution in [2.75, 3.05) is 7.05 Å². The van der Waals surface area contributed by atoms with E-state index in [1.165, 1.54) is 16.7 Å². The first-order chi connectivity index (χ1) is 8.79. The van der Waals surface area contributed by atoms with Gasteiger partial charge in [0.1, 0.15) is 0 Å². The lowest BCUT2D eigenvalue weighted by atomic mass is 9.93. The van der Waals surface area contributed by atoms with Crippen LogP contribution in [0.5, 0.6) is 0 Å². The molecule has 0 saturated heterocycles. The summed E-state index contributed by atoms with van der Waals surface area (Å²) in [5.41, 5.74) is 4.16. The fraction of sp³-hybridized carbons (Fsp3) is 0.294. The molecule has 0 radical (unpaired) electrons. The largest absolute Gasteiger partial charge is 0.316 e. The van der Waals surface area contributed by atoms with Crippen LogP contribution < -0.4 is 5.32 Å². The van der Waals surface area contributed by atoms with E-state index in [1.54, 1.807) is 0 Å². The summed E-state index contributed by atoms with van der Waals surface area (Å²) in [6, 6.07) is 19.6. The van der Waals surface area contributed by atoms with E-state index in [2.05, 4.69) is 66.8 Å². The standard InChI is InChI=1S/C17H21N/c1-14(12-15-6-4-3-5-7-15)17-10-8-16(9-11-17)13-18-2/h3-11,14,18H,12-13H2,1-2H3. The Morgan fingerprint density at radius 2 is 1.56 bits per heavy atom. The molecule has 2 aromatic rings. The molecule has 0 spiro atoms. The molecule has 1 N–H and O–H groups in total. The molecule has 1 heteroatoms. The minimum atomic E-state index is 0.566. The van der Waals surface area contributed by atoms with Crippen molar-refractivity contribution < 1.29 is 0 Å². The van der Waals surface area contributed by atoms with Crippen molar-refractivity contribution >= 4 is 0 Å². The number of nitrogens with one attached hydrogen (secondary N) is 1. The number of hydrogen-bond acceptors (Lipinski definition) is 1. The molecule has 0 aliphatic rings. The van der Waals surface area contributed by atoms with Gasteiger partial charge >= 0.3 is 0 Å². The van der Waals surface area contributed by atoms with Crippen molar-refractivity contribution in [1.29, 1.82) is 0 Å². The minimum Gasteiger partial charge on any atom is -0.316 e. The predicted octanol–water partition coefficient (Wildman–Crippen LogP) is 3.75. The first kappa shape index (κ1) is 12.8. The Bertz CT molecular complexity index is 459. The van der Waals surface area contributed by atoms with Crippen LogP contribution in [0.3, 0.4) is 0 Å². The highest BCUT2D eigenvalue weighted by molar-refractivity contribution is 5.27. The molecule has 0 saturated carbocycles. The van der Waals surface area contributed by atoms with E-state index in [4.69, 9.17) is 0 Å². The third-order valence-electron chi connectivity index (χ3n) is 3.31. The average molecular weight is 239 g/mol. The van der Waals surface area contributed by atoms with E-state index in [1.807, 2.05) is 7.05 Å². The van der Waals surface area contributed by atoms with Crippen molar-refractivity contribution in [2.24, 2.45) is 0 Å². The highest BCUT2D eigenvalue weighted by atomic mass is 14.8. The number of hydrogen-bond donors (Lipinski definition) is 1. The molecule has 2 rings (SSSR count). The quantitative estimate of drug-likeness (QED) is 0.838. The van der Waals surface area contributed by atoms with Gasteiger partial charge in [-0.3, -0.25) is 0 Å². The second-order valence-corrected chi connectivity index (χ2v) is 4.86. The zero-order chi connectivity index (χ0) is 12.8. The monoisotopic (exact) mass is 239 g/mol. The van der Waals surface area contributed by atoms with Gasteiger partial charge in [0.25, 0.3) is 0 Å². The van der Waals surface area contributed by atoms with Crippen LogP contribution in [0.15, 0.2) is 54.6 Å². The molecular formula is C17H21N. The van der Waals surface area contributed by atoms with Gasteiger partial charge in [-0.25, -0.2) is 0 Å². The van der Waals surface area contributed by atoms with Gasteiger partial charge < -0.3 is 5.32 Å². The summed E-state index contributed by atoms with van der Waals surface area (Å²) in [5, 5.41) is 3.17. The van der Waals surface area contributed by atoms with E-state index in [-0.39, 0.29) is 0 Å². The van der Waals surface area contributed by atoms with E-state index < -0.39 is 0 Å².